The molecule has 0 aliphatic rings. The molecular formula is C19H16N2O3S. The lowest BCUT2D eigenvalue weighted by atomic mass is 10.1. The van der Waals surface area contributed by atoms with Crippen LogP contribution in [0.25, 0.3) is 10.8 Å². The van der Waals surface area contributed by atoms with E-state index < -0.39 is 5.91 Å². The number of benzene rings is 3. The van der Waals surface area contributed by atoms with Crippen molar-refractivity contribution in [2.45, 2.75) is 4.90 Å². The zero-order chi connectivity index (χ0) is 17.6. The number of hydrogen-bond donors (Lipinski definition) is 3. The molecule has 0 atom stereocenters. The van der Waals surface area contributed by atoms with Gasteiger partial charge in [-0.3, -0.25) is 20.4 Å². The van der Waals surface area contributed by atoms with E-state index in [4.69, 9.17) is 0 Å². The molecule has 0 radical (unpaired) electrons. The standard InChI is InChI=1S/C19H16N2O3S/c22-17-11-14-7-5-4-6-13(14)10-16(17)19(24)21-20-18(23)12-25-15-8-2-1-3-9-15/h1-11,22H,12H2,(H,20,23)(H,21,24). The SMILES string of the molecule is O=C(CSc1ccccc1)NNC(=O)c1cc2ccccc2cc1O. The quantitative estimate of drug-likeness (QED) is 0.498. The Labute approximate surface area is 149 Å². The van der Waals surface area contributed by atoms with E-state index in [0.29, 0.717) is 0 Å². The van der Waals surface area contributed by atoms with Gasteiger partial charge < -0.3 is 5.11 Å². The highest BCUT2D eigenvalue weighted by molar-refractivity contribution is 8.00. The van der Waals surface area contributed by atoms with Crippen LogP contribution < -0.4 is 10.9 Å². The molecule has 0 saturated heterocycles. The van der Waals surface area contributed by atoms with E-state index >= 15 is 0 Å². The Balaban J connectivity index is 1.59. The predicted octanol–water partition coefficient (Wildman–Crippen LogP) is 3.10. The fourth-order valence-electron chi connectivity index (χ4n) is 2.31. The average molecular weight is 352 g/mol. The molecular weight excluding hydrogens is 336 g/mol. The van der Waals surface area contributed by atoms with E-state index in [9.17, 15) is 14.7 Å². The van der Waals surface area contributed by atoms with Crippen LogP contribution in [-0.4, -0.2) is 22.7 Å². The van der Waals surface area contributed by atoms with Crippen LogP contribution in [0.1, 0.15) is 10.4 Å². The molecule has 0 bridgehead atoms. The normalized spacial score (nSPS) is 10.4. The van der Waals surface area contributed by atoms with E-state index in [-0.39, 0.29) is 23.0 Å². The third-order valence-electron chi connectivity index (χ3n) is 3.54. The summed E-state index contributed by atoms with van der Waals surface area (Å²) in [4.78, 5) is 25.0. The number of fused-ring (bicyclic) bond motifs is 1. The van der Waals surface area contributed by atoms with Crippen molar-refractivity contribution < 1.29 is 14.7 Å². The van der Waals surface area contributed by atoms with Crippen molar-refractivity contribution in [3.05, 3.63) is 72.3 Å². The number of carbonyl (C=O) groups excluding carboxylic acids is 2. The zero-order valence-corrected chi connectivity index (χ0v) is 14.0. The van der Waals surface area contributed by atoms with Crippen molar-refractivity contribution in [3.63, 3.8) is 0 Å². The second-order valence-electron chi connectivity index (χ2n) is 5.32. The van der Waals surface area contributed by atoms with Crippen LogP contribution in [0.15, 0.2) is 71.6 Å². The molecule has 3 aromatic rings. The van der Waals surface area contributed by atoms with Crippen LogP contribution >= 0.6 is 11.8 Å². The molecule has 0 fully saturated rings. The smallest absolute Gasteiger partial charge is 0.273 e. The summed E-state index contributed by atoms with van der Waals surface area (Å²) >= 11 is 1.37. The summed E-state index contributed by atoms with van der Waals surface area (Å²) in [5.41, 5.74) is 4.79. The maximum atomic E-state index is 12.2. The first kappa shape index (κ1) is 16.9. The van der Waals surface area contributed by atoms with Crippen molar-refractivity contribution in [2.24, 2.45) is 0 Å². The number of nitrogens with one attached hydrogen (secondary N) is 2. The predicted molar refractivity (Wildman–Crippen MR) is 98.4 cm³/mol. The molecule has 6 heteroatoms. The summed E-state index contributed by atoms with van der Waals surface area (Å²) in [5.74, 6) is -0.860. The van der Waals surface area contributed by atoms with Crippen LogP contribution in [0, 0.1) is 0 Å². The minimum Gasteiger partial charge on any atom is -0.507 e. The van der Waals surface area contributed by atoms with Gasteiger partial charge in [-0.05, 0) is 35.0 Å². The van der Waals surface area contributed by atoms with Crippen LogP contribution in [0.4, 0.5) is 0 Å². The maximum Gasteiger partial charge on any atom is 0.273 e. The van der Waals surface area contributed by atoms with E-state index in [1.165, 1.54) is 17.8 Å². The molecule has 0 saturated carbocycles. The number of phenolic OH excluding ortho intramolecular Hbond substituents is 1. The molecule has 2 amide bonds. The number of phenols is 1. The zero-order valence-electron chi connectivity index (χ0n) is 13.2. The van der Waals surface area contributed by atoms with Crippen LogP contribution in [0.2, 0.25) is 0 Å². The lowest BCUT2D eigenvalue weighted by Gasteiger charge is -2.09. The summed E-state index contributed by atoms with van der Waals surface area (Å²) in [6, 6.07) is 20.0. The monoisotopic (exact) mass is 352 g/mol. The number of carbonyl (C=O) groups is 2. The fourth-order valence-corrected chi connectivity index (χ4v) is 3.03. The summed E-state index contributed by atoms with van der Waals surface area (Å²) in [6.07, 6.45) is 0. The molecule has 25 heavy (non-hydrogen) atoms. The lowest BCUT2D eigenvalue weighted by molar-refractivity contribution is -0.119. The summed E-state index contributed by atoms with van der Waals surface area (Å²) in [5, 5.41) is 11.7. The number of rotatable bonds is 4. The second kappa shape index (κ2) is 7.72. The third-order valence-corrected chi connectivity index (χ3v) is 4.55. The second-order valence-corrected chi connectivity index (χ2v) is 6.37. The van der Waals surface area contributed by atoms with Crippen LogP contribution in [0.3, 0.4) is 0 Å². The first-order valence-corrected chi connectivity index (χ1v) is 8.61. The number of hydrogen-bond acceptors (Lipinski definition) is 4. The number of hydrazine groups is 1. The number of amides is 2. The van der Waals surface area contributed by atoms with Gasteiger partial charge in [0.25, 0.3) is 5.91 Å². The molecule has 0 heterocycles. The number of thioether (sulfide) groups is 1. The van der Waals surface area contributed by atoms with Crippen molar-refractivity contribution in [1.82, 2.24) is 10.9 Å². The fraction of sp³-hybridized carbons (Fsp3) is 0.0526. The van der Waals surface area contributed by atoms with Gasteiger partial charge in [0.1, 0.15) is 5.75 Å². The van der Waals surface area contributed by atoms with Crippen LogP contribution in [-0.2, 0) is 4.79 Å². The lowest BCUT2D eigenvalue weighted by Crippen LogP contribution is -2.42. The highest BCUT2D eigenvalue weighted by Crippen LogP contribution is 2.24. The van der Waals surface area contributed by atoms with Gasteiger partial charge in [-0.15, -0.1) is 11.8 Å². The van der Waals surface area contributed by atoms with Crippen molar-refractivity contribution in [1.29, 1.82) is 0 Å². The van der Waals surface area contributed by atoms with Crippen molar-refractivity contribution >= 4 is 34.3 Å². The molecule has 5 nitrogen and oxygen atoms in total. The van der Waals surface area contributed by atoms with E-state index in [1.54, 1.807) is 6.07 Å². The van der Waals surface area contributed by atoms with Gasteiger partial charge in [-0.2, -0.15) is 0 Å². The Morgan fingerprint density at radius 1 is 0.880 bits per heavy atom. The molecule has 3 rings (SSSR count). The first-order valence-electron chi connectivity index (χ1n) is 7.62. The topological polar surface area (TPSA) is 78.4 Å². The molecule has 3 aromatic carbocycles. The largest absolute Gasteiger partial charge is 0.507 e. The molecule has 0 aliphatic carbocycles. The average Bonchev–Trinajstić information content (AvgIpc) is 2.64. The van der Waals surface area contributed by atoms with Crippen molar-refractivity contribution in [2.75, 3.05) is 5.75 Å². The van der Waals surface area contributed by atoms with Crippen LogP contribution in [0.5, 0.6) is 5.75 Å². The maximum absolute atomic E-state index is 12.2. The summed E-state index contributed by atoms with van der Waals surface area (Å²) in [7, 11) is 0. The summed E-state index contributed by atoms with van der Waals surface area (Å²) in [6.45, 7) is 0. The van der Waals surface area contributed by atoms with E-state index in [0.717, 1.165) is 15.7 Å². The van der Waals surface area contributed by atoms with E-state index in [1.807, 2.05) is 54.6 Å². The van der Waals surface area contributed by atoms with Gasteiger partial charge in [-0.1, -0.05) is 42.5 Å². The molecule has 0 aliphatic heterocycles. The van der Waals surface area contributed by atoms with Gasteiger partial charge >= 0.3 is 0 Å². The van der Waals surface area contributed by atoms with Gasteiger partial charge in [0, 0.05) is 4.90 Å². The van der Waals surface area contributed by atoms with Gasteiger partial charge in [-0.25, -0.2) is 0 Å². The number of aromatic hydroxyl groups is 1. The molecule has 126 valence electrons. The highest BCUT2D eigenvalue weighted by Gasteiger charge is 2.13. The van der Waals surface area contributed by atoms with Gasteiger partial charge in [0.2, 0.25) is 5.91 Å². The molecule has 0 spiro atoms. The first-order chi connectivity index (χ1) is 12.1. The summed E-state index contributed by atoms with van der Waals surface area (Å²) < 4.78 is 0. The van der Waals surface area contributed by atoms with E-state index in [2.05, 4.69) is 10.9 Å². The Morgan fingerprint density at radius 3 is 2.24 bits per heavy atom. The molecule has 0 aromatic heterocycles. The van der Waals surface area contributed by atoms with Gasteiger partial charge in [0.05, 0.1) is 11.3 Å². The Kier molecular flexibility index (Phi) is 5.20. The molecule has 3 N–H and O–H groups in total. The minimum atomic E-state index is -0.568. The minimum absolute atomic E-state index is 0.106. The van der Waals surface area contributed by atoms with Crippen molar-refractivity contribution in [3.8, 4) is 5.75 Å². The Bertz CT molecular complexity index is 913. The third kappa shape index (κ3) is 4.30. The van der Waals surface area contributed by atoms with Gasteiger partial charge in [0.15, 0.2) is 0 Å². The molecule has 0 unspecified atom stereocenters. The Hall–Kier alpha value is -2.99. The Morgan fingerprint density at radius 2 is 1.52 bits per heavy atom. The highest BCUT2D eigenvalue weighted by atomic mass is 32.2.